The number of fused-ring (bicyclic) bond motifs is 1. The summed E-state index contributed by atoms with van der Waals surface area (Å²) in [5.41, 5.74) is 3.16. The molecule has 0 amide bonds. The zero-order valence-electron chi connectivity index (χ0n) is 9.34. The van der Waals surface area contributed by atoms with Crippen LogP contribution in [0.3, 0.4) is 0 Å². The van der Waals surface area contributed by atoms with Gasteiger partial charge in [0.05, 0.1) is 0 Å². The van der Waals surface area contributed by atoms with Crippen LogP contribution in [-0.4, -0.2) is 11.5 Å². The number of rotatable bonds is 2. The molecule has 0 unspecified atom stereocenters. The Labute approximate surface area is 91.1 Å². The van der Waals surface area contributed by atoms with Crippen molar-refractivity contribution < 1.29 is 0 Å². The summed E-state index contributed by atoms with van der Waals surface area (Å²) in [5, 5.41) is 3.42. The molecule has 0 radical (unpaired) electrons. The minimum Gasteiger partial charge on any atom is -0.370 e. The van der Waals surface area contributed by atoms with E-state index in [1.54, 1.807) is 0 Å². The highest BCUT2D eigenvalue weighted by atomic mass is 15.0. The molecule has 0 spiro atoms. The molecule has 0 aromatic carbocycles. The largest absolute Gasteiger partial charge is 0.370 e. The number of nitrogens with one attached hydrogen (secondary N) is 1. The van der Waals surface area contributed by atoms with Crippen molar-refractivity contribution in [3.05, 3.63) is 23.4 Å². The molecule has 1 N–H and O–H groups in total. The molecule has 1 aliphatic carbocycles. The minimum absolute atomic E-state index is 0.439. The van der Waals surface area contributed by atoms with Crippen LogP contribution in [0.5, 0.6) is 0 Å². The number of aryl methyl sites for hydroxylation is 1. The summed E-state index contributed by atoms with van der Waals surface area (Å²) < 4.78 is 0. The Bertz CT molecular complexity index is 380. The first kappa shape index (κ1) is 9.20. The highest BCUT2D eigenvalue weighted by Crippen LogP contribution is 2.50. The van der Waals surface area contributed by atoms with Gasteiger partial charge in [0.15, 0.2) is 0 Å². The van der Waals surface area contributed by atoms with E-state index in [-0.39, 0.29) is 0 Å². The van der Waals surface area contributed by atoms with E-state index in [9.17, 15) is 0 Å². The molecule has 2 nitrogen and oxygen atoms in total. The summed E-state index contributed by atoms with van der Waals surface area (Å²) in [5.74, 6) is 1.15. The fourth-order valence-electron chi connectivity index (χ4n) is 2.57. The van der Waals surface area contributed by atoms with Crippen molar-refractivity contribution in [2.24, 2.45) is 0 Å². The third-order valence-electron chi connectivity index (χ3n) is 3.97. The lowest BCUT2D eigenvalue weighted by Crippen LogP contribution is -2.16. The van der Waals surface area contributed by atoms with Crippen LogP contribution in [0, 0.1) is 0 Å². The maximum atomic E-state index is 4.81. The van der Waals surface area contributed by atoms with Crippen molar-refractivity contribution in [1.29, 1.82) is 0 Å². The van der Waals surface area contributed by atoms with Gasteiger partial charge in [0, 0.05) is 17.7 Å². The second-order valence-corrected chi connectivity index (χ2v) is 4.87. The summed E-state index contributed by atoms with van der Waals surface area (Å²) in [4.78, 5) is 4.81. The molecule has 15 heavy (non-hydrogen) atoms. The number of hydrogen-bond donors (Lipinski definition) is 1. The highest BCUT2D eigenvalue weighted by molar-refractivity contribution is 5.48. The average Bonchev–Trinajstić information content (AvgIpc) is 3.09. The second-order valence-electron chi connectivity index (χ2n) is 4.87. The third kappa shape index (κ3) is 1.43. The first-order valence-electron chi connectivity index (χ1n) is 6.08. The average molecular weight is 202 g/mol. The Balaban J connectivity index is 1.97. The summed E-state index contributed by atoms with van der Waals surface area (Å²) >= 11 is 0. The molecule has 1 aliphatic heterocycles. The Morgan fingerprint density at radius 3 is 3.00 bits per heavy atom. The monoisotopic (exact) mass is 202 g/mol. The van der Waals surface area contributed by atoms with E-state index < -0.39 is 0 Å². The lowest BCUT2D eigenvalue weighted by Gasteiger charge is -2.20. The van der Waals surface area contributed by atoms with E-state index in [1.807, 2.05) is 0 Å². The van der Waals surface area contributed by atoms with E-state index in [1.165, 1.54) is 43.4 Å². The summed E-state index contributed by atoms with van der Waals surface area (Å²) in [6, 6.07) is 4.53. The van der Waals surface area contributed by atoms with Crippen LogP contribution in [-0.2, 0) is 11.8 Å². The molecular weight excluding hydrogens is 184 g/mol. The Hall–Kier alpha value is -1.05. The second kappa shape index (κ2) is 3.22. The SMILES string of the molecule is CCC1(c2ccc3c(n2)NCCC3)CC1. The summed E-state index contributed by atoms with van der Waals surface area (Å²) in [6.07, 6.45) is 6.32. The molecule has 1 fully saturated rings. The standard InChI is InChI=1S/C13H18N2/c1-2-13(7-8-13)11-6-5-10-4-3-9-14-12(10)15-11/h5-6H,2-4,7-9H2,1H3,(H,14,15). The van der Waals surface area contributed by atoms with Crippen LogP contribution in [0.15, 0.2) is 12.1 Å². The van der Waals surface area contributed by atoms with E-state index in [4.69, 9.17) is 4.98 Å². The predicted octanol–water partition coefficient (Wildman–Crippen LogP) is 2.88. The van der Waals surface area contributed by atoms with Gasteiger partial charge in [-0.3, -0.25) is 0 Å². The van der Waals surface area contributed by atoms with Gasteiger partial charge in [0.25, 0.3) is 0 Å². The molecule has 2 aliphatic rings. The van der Waals surface area contributed by atoms with Crippen LogP contribution in [0.2, 0.25) is 0 Å². The van der Waals surface area contributed by atoms with Gasteiger partial charge in [-0.05, 0) is 43.7 Å². The lowest BCUT2D eigenvalue weighted by molar-refractivity contribution is 0.638. The molecule has 2 heterocycles. The number of nitrogens with zero attached hydrogens (tertiary/aromatic N) is 1. The molecule has 2 heteroatoms. The molecule has 3 rings (SSSR count). The van der Waals surface area contributed by atoms with Gasteiger partial charge in [0.2, 0.25) is 0 Å². The van der Waals surface area contributed by atoms with E-state index in [2.05, 4.69) is 24.4 Å². The number of aromatic nitrogens is 1. The van der Waals surface area contributed by atoms with Gasteiger partial charge in [-0.25, -0.2) is 4.98 Å². The fraction of sp³-hybridized carbons (Fsp3) is 0.615. The smallest absolute Gasteiger partial charge is 0.129 e. The minimum atomic E-state index is 0.439. The quantitative estimate of drug-likeness (QED) is 0.797. The van der Waals surface area contributed by atoms with E-state index in [0.29, 0.717) is 5.41 Å². The first-order chi connectivity index (χ1) is 7.34. The molecule has 1 aromatic heterocycles. The molecule has 0 saturated heterocycles. The predicted molar refractivity (Wildman–Crippen MR) is 62.3 cm³/mol. The summed E-state index contributed by atoms with van der Waals surface area (Å²) in [7, 11) is 0. The van der Waals surface area contributed by atoms with Crippen LogP contribution < -0.4 is 5.32 Å². The maximum absolute atomic E-state index is 4.81. The number of pyridine rings is 1. The Morgan fingerprint density at radius 1 is 1.40 bits per heavy atom. The van der Waals surface area contributed by atoms with Crippen LogP contribution in [0.4, 0.5) is 5.82 Å². The first-order valence-corrected chi connectivity index (χ1v) is 6.08. The summed E-state index contributed by atoms with van der Waals surface area (Å²) in [6.45, 7) is 3.37. The van der Waals surface area contributed by atoms with Crippen molar-refractivity contribution in [3.63, 3.8) is 0 Å². The molecule has 1 aromatic rings. The maximum Gasteiger partial charge on any atom is 0.129 e. The van der Waals surface area contributed by atoms with Gasteiger partial charge < -0.3 is 5.32 Å². The van der Waals surface area contributed by atoms with Crippen molar-refractivity contribution in [1.82, 2.24) is 4.98 Å². The number of anilines is 1. The molecule has 1 saturated carbocycles. The van der Waals surface area contributed by atoms with Crippen LogP contribution in [0.1, 0.15) is 43.9 Å². The highest BCUT2D eigenvalue weighted by Gasteiger charge is 2.43. The van der Waals surface area contributed by atoms with Gasteiger partial charge in [-0.15, -0.1) is 0 Å². The van der Waals surface area contributed by atoms with Gasteiger partial charge >= 0.3 is 0 Å². The van der Waals surface area contributed by atoms with E-state index >= 15 is 0 Å². The van der Waals surface area contributed by atoms with Crippen LogP contribution >= 0.6 is 0 Å². The van der Waals surface area contributed by atoms with Gasteiger partial charge in [-0.1, -0.05) is 13.0 Å². The van der Waals surface area contributed by atoms with Crippen molar-refractivity contribution in [2.75, 3.05) is 11.9 Å². The van der Waals surface area contributed by atoms with E-state index in [0.717, 1.165) is 12.4 Å². The van der Waals surface area contributed by atoms with Crippen LogP contribution in [0.25, 0.3) is 0 Å². The molecule has 80 valence electrons. The van der Waals surface area contributed by atoms with Gasteiger partial charge in [0.1, 0.15) is 5.82 Å². The zero-order chi connectivity index (χ0) is 10.3. The fourth-order valence-corrected chi connectivity index (χ4v) is 2.57. The lowest BCUT2D eigenvalue weighted by atomic mass is 9.97. The molecule has 0 atom stereocenters. The molecular formula is C13H18N2. The third-order valence-corrected chi connectivity index (χ3v) is 3.97. The normalized spacial score (nSPS) is 21.7. The van der Waals surface area contributed by atoms with Crippen molar-refractivity contribution in [3.8, 4) is 0 Å². The zero-order valence-corrected chi connectivity index (χ0v) is 9.34. The van der Waals surface area contributed by atoms with Gasteiger partial charge in [-0.2, -0.15) is 0 Å². The Morgan fingerprint density at radius 2 is 2.27 bits per heavy atom. The Kier molecular flexibility index (Phi) is 1.98. The molecule has 0 bridgehead atoms. The number of hydrogen-bond acceptors (Lipinski definition) is 2. The topological polar surface area (TPSA) is 24.9 Å². The van der Waals surface area contributed by atoms with Crippen molar-refractivity contribution in [2.45, 2.75) is 44.4 Å². The van der Waals surface area contributed by atoms with Crippen molar-refractivity contribution >= 4 is 5.82 Å².